The summed E-state index contributed by atoms with van der Waals surface area (Å²) in [7, 11) is 0. The van der Waals surface area contributed by atoms with Crippen LogP contribution in [0, 0.1) is 5.92 Å². The zero-order valence-corrected chi connectivity index (χ0v) is 17.8. The molecule has 1 aliphatic heterocycles. The summed E-state index contributed by atoms with van der Waals surface area (Å²) in [5.41, 5.74) is 1.83. The number of ether oxygens (including phenoxy) is 1. The molecule has 0 bridgehead atoms. The molecule has 1 aromatic heterocycles. The molecule has 0 radical (unpaired) electrons. The number of pyridine rings is 1. The number of amides is 1. The summed E-state index contributed by atoms with van der Waals surface area (Å²) in [5, 5.41) is 3.10. The lowest BCUT2D eigenvalue weighted by atomic mass is 9.89. The standard InChI is InChI=1S/C25H33N3O2/c29-25(27-18-20-6-2-1-3-7-20)21-9-11-23(12-10-21)30-24-13-16-28(17-14-24)19-22-8-4-5-15-26-22/h4-5,8-12,15,20,24H,1-3,6-7,13-14,16-19H2,(H,27,29). The molecule has 2 aliphatic rings. The lowest BCUT2D eigenvalue weighted by Gasteiger charge is -2.31. The molecule has 30 heavy (non-hydrogen) atoms. The number of benzene rings is 1. The van der Waals surface area contributed by atoms with Gasteiger partial charge in [-0.25, -0.2) is 0 Å². The first-order valence-electron chi connectivity index (χ1n) is 11.4. The van der Waals surface area contributed by atoms with Crippen LogP contribution in [0.4, 0.5) is 0 Å². The zero-order valence-electron chi connectivity index (χ0n) is 17.8. The third-order valence-electron chi connectivity index (χ3n) is 6.34. The molecule has 0 unspecified atom stereocenters. The molecule has 1 aromatic carbocycles. The average molecular weight is 408 g/mol. The minimum Gasteiger partial charge on any atom is -0.490 e. The van der Waals surface area contributed by atoms with Crippen LogP contribution >= 0.6 is 0 Å². The van der Waals surface area contributed by atoms with Crippen LogP contribution in [0.3, 0.4) is 0 Å². The van der Waals surface area contributed by atoms with Crippen LogP contribution in [0.25, 0.3) is 0 Å². The molecule has 2 heterocycles. The minimum atomic E-state index is 0.0231. The van der Waals surface area contributed by atoms with Gasteiger partial charge in [0.2, 0.25) is 0 Å². The first-order valence-corrected chi connectivity index (χ1v) is 11.4. The van der Waals surface area contributed by atoms with E-state index in [1.54, 1.807) is 0 Å². The number of likely N-dealkylation sites (tertiary alicyclic amines) is 1. The number of carbonyl (C=O) groups is 1. The van der Waals surface area contributed by atoms with E-state index in [-0.39, 0.29) is 12.0 Å². The number of piperidine rings is 1. The molecule has 1 amide bonds. The first-order chi connectivity index (χ1) is 14.8. The van der Waals surface area contributed by atoms with Gasteiger partial charge in [-0.1, -0.05) is 25.3 Å². The number of carbonyl (C=O) groups excluding carboxylic acids is 1. The van der Waals surface area contributed by atoms with E-state index in [1.807, 2.05) is 42.6 Å². The lowest BCUT2D eigenvalue weighted by Crippen LogP contribution is -2.37. The number of rotatable bonds is 7. The van der Waals surface area contributed by atoms with Crippen LogP contribution in [-0.2, 0) is 6.54 Å². The minimum absolute atomic E-state index is 0.0231. The van der Waals surface area contributed by atoms with E-state index in [2.05, 4.69) is 21.3 Å². The van der Waals surface area contributed by atoms with Crippen molar-refractivity contribution < 1.29 is 9.53 Å². The van der Waals surface area contributed by atoms with Gasteiger partial charge in [0.1, 0.15) is 11.9 Å². The maximum absolute atomic E-state index is 12.4. The highest BCUT2D eigenvalue weighted by atomic mass is 16.5. The van der Waals surface area contributed by atoms with E-state index in [9.17, 15) is 4.79 Å². The fourth-order valence-electron chi connectivity index (χ4n) is 4.51. The van der Waals surface area contributed by atoms with Crippen molar-refractivity contribution in [2.45, 2.75) is 57.6 Å². The second-order valence-electron chi connectivity index (χ2n) is 8.65. The van der Waals surface area contributed by atoms with Crippen molar-refractivity contribution >= 4 is 5.91 Å². The van der Waals surface area contributed by atoms with Crippen molar-refractivity contribution in [3.05, 3.63) is 59.9 Å². The second kappa shape index (κ2) is 10.6. The predicted molar refractivity (Wildman–Crippen MR) is 119 cm³/mol. The maximum Gasteiger partial charge on any atom is 0.251 e. The zero-order chi connectivity index (χ0) is 20.6. The van der Waals surface area contributed by atoms with Gasteiger partial charge in [0, 0.05) is 37.9 Å². The number of hydrogen-bond donors (Lipinski definition) is 1. The average Bonchev–Trinajstić information content (AvgIpc) is 2.81. The number of nitrogens with one attached hydrogen (secondary N) is 1. The van der Waals surface area contributed by atoms with Gasteiger partial charge >= 0.3 is 0 Å². The summed E-state index contributed by atoms with van der Waals surface area (Å²) < 4.78 is 6.17. The van der Waals surface area contributed by atoms with E-state index in [0.717, 1.165) is 50.5 Å². The number of nitrogens with zero attached hydrogens (tertiary/aromatic N) is 2. The highest BCUT2D eigenvalue weighted by Crippen LogP contribution is 2.23. The number of hydrogen-bond acceptors (Lipinski definition) is 4. The predicted octanol–water partition coefficient (Wildman–Crippen LogP) is 4.44. The Morgan fingerprint density at radius 3 is 2.47 bits per heavy atom. The Hall–Kier alpha value is -2.40. The van der Waals surface area contributed by atoms with Crippen LogP contribution in [0.2, 0.25) is 0 Å². The van der Waals surface area contributed by atoms with Crippen molar-refractivity contribution in [2.75, 3.05) is 19.6 Å². The van der Waals surface area contributed by atoms with Crippen molar-refractivity contribution in [1.29, 1.82) is 0 Å². The van der Waals surface area contributed by atoms with Crippen molar-refractivity contribution in [2.24, 2.45) is 5.92 Å². The van der Waals surface area contributed by atoms with Crippen LogP contribution in [-0.4, -0.2) is 41.5 Å². The van der Waals surface area contributed by atoms with Gasteiger partial charge < -0.3 is 10.1 Å². The molecule has 1 aliphatic carbocycles. The Labute approximate surface area is 179 Å². The van der Waals surface area contributed by atoms with Crippen molar-refractivity contribution in [3.8, 4) is 5.75 Å². The molecule has 160 valence electrons. The summed E-state index contributed by atoms with van der Waals surface area (Å²) in [5.74, 6) is 1.52. The summed E-state index contributed by atoms with van der Waals surface area (Å²) in [6.45, 7) is 3.73. The van der Waals surface area contributed by atoms with Crippen molar-refractivity contribution in [1.82, 2.24) is 15.2 Å². The molecule has 5 heteroatoms. The summed E-state index contributed by atoms with van der Waals surface area (Å²) in [4.78, 5) is 19.3. The molecule has 4 rings (SSSR count). The molecule has 2 aromatic rings. The van der Waals surface area contributed by atoms with E-state index < -0.39 is 0 Å². The smallest absolute Gasteiger partial charge is 0.251 e. The fourth-order valence-corrected chi connectivity index (χ4v) is 4.51. The van der Waals surface area contributed by atoms with Gasteiger partial charge in [-0.15, -0.1) is 0 Å². The van der Waals surface area contributed by atoms with E-state index >= 15 is 0 Å². The first kappa shape index (κ1) is 20.9. The van der Waals surface area contributed by atoms with Gasteiger partial charge in [0.25, 0.3) is 5.91 Å². The van der Waals surface area contributed by atoms with Gasteiger partial charge in [-0.05, 0) is 68.0 Å². The Kier molecular flexibility index (Phi) is 7.35. The quantitative estimate of drug-likeness (QED) is 0.737. The van der Waals surface area contributed by atoms with Crippen molar-refractivity contribution in [3.63, 3.8) is 0 Å². The lowest BCUT2D eigenvalue weighted by molar-refractivity contribution is 0.0941. The molecule has 1 saturated carbocycles. The van der Waals surface area contributed by atoms with Crippen LogP contribution < -0.4 is 10.1 Å². The third-order valence-corrected chi connectivity index (χ3v) is 6.34. The molecule has 1 saturated heterocycles. The Morgan fingerprint density at radius 1 is 1.00 bits per heavy atom. The largest absolute Gasteiger partial charge is 0.490 e. The SMILES string of the molecule is O=C(NCC1CCCCC1)c1ccc(OC2CCN(Cc3ccccn3)CC2)cc1. The van der Waals surface area contributed by atoms with Gasteiger partial charge in [-0.2, -0.15) is 0 Å². The normalized spacial score (nSPS) is 18.8. The van der Waals surface area contributed by atoms with E-state index in [0.29, 0.717) is 11.5 Å². The Bertz CT molecular complexity index is 780. The Morgan fingerprint density at radius 2 is 1.77 bits per heavy atom. The molecular formula is C25H33N3O2. The van der Waals surface area contributed by atoms with E-state index in [1.165, 1.54) is 32.1 Å². The van der Waals surface area contributed by atoms with Crippen LogP contribution in [0.5, 0.6) is 5.75 Å². The summed E-state index contributed by atoms with van der Waals surface area (Å²) >= 11 is 0. The molecule has 0 spiro atoms. The van der Waals surface area contributed by atoms with Gasteiger partial charge in [-0.3, -0.25) is 14.7 Å². The topological polar surface area (TPSA) is 54.5 Å². The molecule has 0 atom stereocenters. The van der Waals surface area contributed by atoms with Crippen LogP contribution in [0.1, 0.15) is 61.0 Å². The third kappa shape index (κ3) is 6.05. The molecule has 2 fully saturated rings. The van der Waals surface area contributed by atoms with Gasteiger partial charge in [0.05, 0.1) is 5.69 Å². The second-order valence-corrected chi connectivity index (χ2v) is 8.65. The highest BCUT2D eigenvalue weighted by Gasteiger charge is 2.21. The monoisotopic (exact) mass is 407 g/mol. The molecule has 1 N–H and O–H groups in total. The van der Waals surface area contributed by atoms with Crippen LogP contribution in [0.15, 0.2) is 48.7 Å². The Balaban J connectivity index is 1.19. The highest BCUT2D eigenvalue weighted by molar-refractivity contribution is 5.94. The number of aromatic nitrogens is 1. The van der Waals surface area contributed by atoms with E-state index in [4.69, 9.17) is 4.74 Å². The molecule has 5 nitrogen and oxygen atoms in total. The van der Waals surface area contributed by atoms with Gasteiger partial charge in [0.15, 0.2) is 0 Å². The summed E-state index contributed by atoms with van der Waals surface area (Å²) in [6, 6.07) is 13.7. The fraction of sp³-hybridized carbons (Fsp3) is 0.520. The summed E-state index contributed by atoms with van der Waals surface area (Å²) in [6.07, 6.45) is 10.5. The molecular weight excluding hydrogens is 374 g/mol. The maximum atomic E-state index is 12.4.